The summed E-state index contributed by atoms with van der Waals surface area (Å²) in [5.74, 6) is 1.47. The van der Waals surface area contributed by atoms with Crippen molar-refractivity contribution in [1.29, 1.82) is 0 Å². The maximum absolute atomic E-state index is 12.0. The third-order valence-corrected chi connectivity index (χ3v) is 7.02. The van der Waals surface area contributed by atoms with Gasteiger partial charge in [0.25, 0.3) is 0 Å². The van der Waals surface area contributed by atoms with E-state index in [1.165, 1.54) is 18.9 Å². The van der Waals surface area contributed by atoms with Crippen LogP contribution in [-0.2, 0) is 18.9 Å². The molecule has 0 atom stereocenters. The summed E-state index contributed by atoms with van der Waals surface area (Å²) < 4.78 is 20.7. The molecule has 0 aromatic carbocycles. The zero-order chi connectivity index (χ0) is 25.1. The molecule has 0 aromatic heterocycles. The number of amides is 2. The number of alkyl carbamates (subject to hydrolysis) is 2. The van der Waals surface area contributed by atoms with Crippen LogP contribution in [0.5, 0.6) is 0 Å². The Hall–Kier alpha value is -2.38. The van der Waals surface area contributed by atoms with Gasteiger partial charge in [-0.2, -0.15) is 0 Å². The molecule has 0 aliphatic heterocycles. The number of nitrogens with one attached hydrogen (secondary N) is 2. The number of carbonyl (C=O) groups excluding carboxylic acids is 2. The molecule has 2 amide bonds. The minimum absolute atomic E-state index is 0.225. The molecule has 2 aliphatic rings. The summed E-state index contributed by atoms with van der Waals surface area (Å²) in [5.41, 5.74) is 0. The molecule has 2 saturated carbocycles. The summed E-state index contributed by atoms with van der Waals surface area (Å²) in [6.07, 6.45) is 15.5. The summed E-state index contributed by atoms with van der Waals surface area (Å²) in [4.78, 5) is 24.0. The van der Waals surface area contributed by atoms with E-state index in [0.29, 0.717) is 26.4 Å². The summed E-state index contributed by atoms with van der Waals surface area (Å²) in [5, 5.41) is 6.05. The Morgan fingerprint density at radius 1 is 0.629 bits per heavy atom. The molecule has 0 aromatic rings. The van der Waals surface area contributed by atoms with Crippen LogP contribution in [0.1, 0.15) is 83.5 Å². The Morgan fingerprint density at radius 3 is 1.37 bits per heavy atom. The van der Waals surface area contributed by atoms with Gasteiger partial charge in [0, 0.05) is 12.1 Å². The normalized spacial score (nSPS) is 24.0. The maximum Gasteiger partial charge on any atom is 0.407 e. The van der Waals surface area contributed by atoms with Gasteiger partial charge in [0.2, 0.25) is 0 Å². The van der Waals surface area contributed by atoms with E-state index in [9.17, 15) is 9.59 Å². The van der Waals surface area contributed by atoms with Gasteiger partial charge in [0.15, 0.2) is 0 Å². The largest absolute Gasteiger partial charge is 0.502 e. The quantitative estimate of drug-likeness (QED) is 0.207. The number of carbonyl (C=O) groups is 2. The lowest BCUT2D eigenvalue weighted by atomic mass is 9.76. The maximum atomic E-state index is 12.0. The minimum Gasteiger partial charge on any atom is -0.502 e. The van der Waals surface area contributed by atoms with E-state index in [1.807, 2.05) is 0 Å². The van der Waals surface area contributed by atoms with Gasteiger partial charge in [-0.25, -0.2) is 9.59 Å². The first-order valence-electron chi connectivity index (χ1n) is 13.4. The van der Waals surface area contributed by atoms with Crippen LogP contribution in [0.2, 0.25) is 0 Å². The first-order chi connectivity index (χ1) is 17.1. The predicted octanol–water partition coefficient (Wildman–Crippen LogP) is 5.83. The second-order valence-corrected chi connectivity index (χ2v) is 9.72. The Bertz CT molecular complexity index is 561. The van der Waals surface area contributed by atoms with E-state index in [4.69, 9.17) is 18.9 Å². The van der Waals surface area contributed by atoms with Gasteiger partial charge >= 0.3 is 12.2 Å². The van der Waals surface area contributed by atoms with Crippen LogP contribution in [0.15, 0.2) is 25.7 Å². The Morgan fingerprint density at radius 2 is 1.00 bits per heavy atom. The van der Waals surface area contributed by atoms with Crippen molar-refractivity contribution in [3.63, 3.8) is 0 Å². The van der Waals surface area contributed by atoms with Crippen molar-refractivity contribution in [3.05, 3.63) is 25.7 Å². The predicted molar refractivity (Wildman–Crippen MR) is 136 cm³/mol. The summed E-state index contributed by atoms with van der Waals surface area (Å²) >= 11 is 0. The van der Waals surface area contributed by atoms with Gasteiger partial charge in [0.05, 0.1) is 39.0 Å². The lowest BCUT2D eigenvalue weighted by Gasteiger charge is -2.34. The SMILES string of the molecule is C=COCCCCOC(=O)NC1CCC(CC2CCC(NC(=O)OCCCCOC=C)CC2)CC1. The van der Waals surface area contributed by atoms with E-state index in [2.05, 4.69) is 23.8 Å². The van der Waals surface area contributed by atoms with Crippen molar-refractivity contribution < 1.29 is 28.5 Å². The molecule has 0 bridgehead atoms. The molecule has 200 valence electrons. The first-order valence-corrected chi connectivity index (χ1v) is 13.4. The molecule has 0 radical (unpaired) electrons. The van der Waals surface area contributed by atoms with Gasteiger partial charge in [-0.05, 0) is 95.3 Å². The fourth-order valence-electron chi connectivity index (χ4n) is 5.04. The monoisotopic (exact) mass is 494 g/mol. The van der Waals surface area contributed by atoms with Crippen molar-refractivity contribution in [2.24, 2.45) is 11.8 Å². The minimum atomic E-state index is -0.302. The molecule has 2 aliphatic carbocycles. The molecule has 0 saturated heterocycles. The molecule has 8 heteroatoms. The van der Waals surface area contributed by atoms with E-state index in [-0.39, 0.29) is 24.3 Å². The van der Waals surface area contributed by atoms with Gasteiger partial charge in [-0.3, -0.25) is 0 Å². The summed E-state index contributed by atoms with van der Waals surface area (Å²) in [7, 11) is 0. The molecule has 35 heavy (non-hydrogen) atoms. The molecular formula is C27H46N2O6. The smallest absolute Gasteiger partial charge is 0.407 e. The number of unbranched alkanes of at least 4 members (excludes halogenated alkanes) is 2. The molecule has 8 nitrogen and oxygen atoms in total. The lowest BCUT2D eigenvalue weighted by molar-refractivity contribution is 0.128. The third kappa shape index (κ3) is 13.3. The van der Waals surface area contributed by atoms with Crippen molar-refractivity contribution >= 4 is 12.2 Å². The first kappa shape index (κ1) is 28.9. The summed E-state index contributed by atoms with van der Waals surface area (Å²) in [6, 6.07) is 0.451. The molecule has 2 rings (SSSR count). The van der Waals surface area contributed by atoms with Crippen LogP contribution >= 0.6 is 0 Å². The molecule has 0 spiro atoms. The van der Waals surface area contributed by atoms with Gasteiger partial charge < -0.3 is 29.6 Å². The van der Waals surface area contributed by atoms with Crippen LogP contribution in [0.4, 0.5) is 9.59 Å². The molecule has 2 N–H and O–H groups in total. The highest BCUT2D eigenvalue weighted by Gasteiger charge is 2.28. The average molecular weight is 495 g/mol. The third-order valence-electron chi connectivity index (χ3n) is 7.02. The fraction of sp³-hybridized carbons (Fsp3) is 0.778. The Balaban J connectivity index is 1.48. The number of hydrogen-bond acceptors (Lipinski definition) is 6. The van der Waals surface area contributed by atoms with Crippen LogP contribution in [0.25, 0.3) is 0 Å². The second kappa shape index (κ2) is 18.0. The fourth-order valence-corrected chi connectivity index (χ4v) is 5.04. The molecule has 0 heterocycles. The van der Waals surface area contributed by atoms with Gasteiger partial charge in [0.1, 0.15) is 0 Å². The standard InChI is InChI=1S/C27H46N2O6/c1-3-32-17-5-7-19-34-26(30)28-24-13-9-22(10-14-24)21-23-11-15-25(16-12-23)29-27(31)35-20-8-6-18-33-4-2/h3-4,22-25H,1-2,5-21H2,(H,28,30)(H,29,31). The second-order valence-electron chi connectivity index (χ2n) is 9.72. The van der Waals surface area contributed by atoms with E-state index in [1.54, 1.807) is 0 Å². The van der Waals surface area contributed by atoms with Crippen LogP contribution in [-0.4, -0.2) is 50.7 Å². The summed E-state index contributed by atoms with van der Waals surface area (Å²) in [6.45, 7) is 9.05. The van der Waals surface area contributed by atoms with Gasteiger partial charge in [-0.1, -0.05) is 13.2 Å². The zero-order valence-corrected chi connectivity index (χ0v) is 21.3. The molecule has 0 unspecified atom stereocenters. The Kier molecular flexibility index (Phi) is 14.8. The van der Waals surface area contributed by atoms with Crippen LogP contribution in [0.3, 0.4) is 0 Å². The highest BCUT2D eigenvalue weighted by atomic mass is 16.6. The van der Waals surface area contributed by atoms with Gasteiger partial charge in [-0.15, -0.1) is 0 Å². The zero-order valence-electron chi connectivity index (χ0n) is 21.3. The molecular weight excluding hydrogens is 448 g/mol. The average Bonchev–Trinajstić information content (AvgIpc) is 2.86. The van der Waals surface area contributed by atoms with Crippen molar-refractivity contribution in [2.75, 3.05) is 26.4 Å². The molecule has 2 fully saturated rings. The van der Waals surface area contributed by atoms with Crippen molar-refractivity contribution in [2.45, 2.75) is 95.6 Å². The lowest BCUT2D eigenvalue weighted by Crippen LogP contribution is -2.39. The number of hydrogen-bond donors (Lipinski definition) is 2. The topological polar surface area (TPSA) is 95.1 Å². The van der Waals surface area contributed by atoms with Crippen molar-refractivity contribution in [3.8, 4) is 0 Å². The highest BCUT2D eigenvalue weighted by Crippen LogP contribution is 2.35. The number of rotatable bonds is 16. The highest BCUT2D eigenvalue weighted by molar-refractivity contribution is 5.67. The van der Waals surface area contributed by atoms with Crippen molar-refractivity contribution in [1.82, 2.24) is 10.6 Å². The van der Waals surface area contributed by atoms with E-state index in [0.717, 1.165) is 88.9 Å². The van der Waals surface area contributed by atoms with E-state index >= 15 is 0 Å². The van der Waals surface area contributed by atoms with Crippen LogP contribution < -0.4 is 10.6 Å². The Labute approximate surface area is 211 Å². The number of ether oxygens (including phenoxy) is 4. The van der Waals surface area contributed by atoms with E-state index < -0.39 is 0 Å². The van der Waals surface area contributed by atoms with Crippen LogP contribution in [0, 0.1) is 11.8 Å².